The van der Waals surface area contributed by atoms with Gasteiger partial charge in [-0.2, -0.15) is 5.26 Å². The third-order valence-corrected chi connectivity index (χ3v) is 2.31. The Hall–Kier alpha value is -1.86. The van der Waals surface area contributed by atoms with Crippen molar-refractivity contribution in [2.45, 2.75) is 6.92 Å². The van der Waals surface area contributed by atoms with Crippen LogP contribution in [0.2, 0.25) is 5.02 Å². The number of carbonyl (C=O) groups excluding carboxylic acids is 2. The second-order valence-corrected chi connectivity index (χ2v) is 3.22. The number of ether oxygens (including phenoxy) is 1. The van der Waals surface area contributed by atoms with E-state index < -0.39 is 5.97 Å². The quantitative estimate of drug-likeness (QED) is 0.597. The number of hydrogen-bond donors (Lipinski definition) is 0. The number of nitriles is 1. The zero-order valence-electron chi connectivity index (χ0n) is 8.49. The highest BCUT2D eigenvalue weighted by atomic mass is 35.5. The van der Waals surface area contributed by atoms with Crippen molar-refractivity contribution in [3.05, 3.63) is 33.8 Å². The molecule has 0 saturated carbocycles. The van der Waals surface area contributed by atoms with Crippen molar-refractivity contribution in [1.82, 2.24) is 0 Å². The number of halogens is 1. The summed E-state index contributed by atoms with van der Waals surface area (Å²) in [5.41, 5.74) is 0.188. The molecule has 4 nitrogen and oxygen atoms in total. The molecule has 0 aromatic heterocycles. The Morgan fingerprint density at radius 2 is 2.31 bits per heavy atom. The van der Waals surface area contributed by atoms with Crippen LogP contribution in [0.25, 0.3) is 0 Å². The molecule has 0 aliphatic rings. The summed E-state index contributed by atoms with van der Waals surface area (Å²) in [6.07, 6.45) is 0.520. The molecule has 16 heavy (non-hydrogen) atoms. The SMILES string of the molecule is CCOC(=O)c1c(C#N)ccc(C=O)c1Cl. The van der Waals surface area contributed by atoms with Crippen molar-refractivity contribution in [3.8, 4) is 6.07 Å². The molecule has 5 heteroatoms. The Balaban J connectivity index is 3.38. The lowest BCUT2D eigenvalue weighted by Gasteiger charge is -2.07. The van der Waals surface area contributed by atoms with Gasteiger partial charge in [-0.15, -0.1) is 0 Å². The molecule has 1 aromatic carbocycles. The third kappa shape index (κ3) is 2.20. The summed E-state index contributed by atoms with van der Waals surface area (Å²) in [5, 5.41) is 8.77. The van der Waals surface area contributed by atoms with E-state index in [9.17, 15) is 9.59 Å². The number of benzene rings is 1. The Morgan fingerprint density at radius 1 is 1.62 bits per heavy atom. The van der Waals surface area contributed by atoms with Crippen LogP contribution >= 0.6 is 11.6 Å². The molecule has 0 N–H and O–H groups in total. The van der Waals surface area contributed by atoms with Crippen molar-refractivity contribution in [3.63, 3.8) is 0 Å². The number of rotatable bonds is 3. The van der Waals surface area contributed by atoms with Crippen LogP contribution < -0.4 is 0 Å². The van der Waals surface area contributed by atoms with Gasteiger partial charge in [0.05, 0.1) is 22.8 Å². The van der Waals surface area contributed by atoms with Gasteiger partial charge in [0.25, 0.3) is 0 Å². The van der Waals surface area contributed by atoms with Gasteiger partial charge in [0.2, 0.25) is 0 Å². The number of carbonyl (C=O) groups is 2. The second-order valence-electron chi connectivity index (χ2n) is 2.84. The van der Waals surface area contributed by atoms with E-state index in [1.165, 1.54) is 12.1 Å². The maximum atomic E-state index is 11.5. The topological polar surface area (TPSA) is 67.2 Å². The fourth-order valence-corrected chi connectivity index (χ4v) is 1.47. The molecule has 0 spiro atoms. The summed E-state index contributed by atoms with van der Waals surface area (Å²) in [6.45, 7) is 1.81. The van der Waals surface area contributed by atoms with E-state index >= 15 is 0 Å². The zero-order valence-corrected chi connectivity index (χ0v) is 9.25. The molecule has 0 amide bonds. The van der Waals surface area contributed by atoms with Crippen LogP contribution in [0.1, 0.15) is 33.2 Å². The van der Waals surface area contributed by atoms with E-state index in [-0.39, 0.29) is 28.3 Å². The lowest BCUT2D eigenvalue weighted by atomic mass is 10.1. The van der Waals surface area contributed by atoms with Gasteiger partial charge < -0.3 is 4.74 Å². The first-order valence-electron chi connectivity index (χ1n) is 4.50. The molecule has 0 aliphatic heterocycles. The molecule has 0 heterocycles. The summed E-state index contributed by atoms with van der Waals surface area (Å²) in [7, 11) is 0. The fraction of sp³-hybridized carbons (Fsp3) is 0.182. The molecule has 0 saturated heterocycles. The standard InChI is InChI=1S/C11H8ClNO3/c1-2-16-11(15)9-7(5-13)3-4-8(6-14)10(9)12/h3-4,6H,2H2,1H3. The molecule has 0 aliphatic carbocycles. The highest BCUT2D eigenvalue weighted by Crippen LogP contribution is 2.24. The predicted molar refractivity (Wildman–Crippen MR) is 57.5 cm³/mol. The first kappa shape index (κ1) is 12.2. The average molecular weight is 238 g/mol. The summed E-state index contributed by atoms with van der Waals surface area (Å²) in [4.78, 5) is 22.2. The number of aldehydes is 1. The molecular weight excluding hydrogens is 230 g/mol. The van der Waals surface area contributed by atoms with Gasteiger partial charge in [0, 0.05) is 5.56 Å². The summed E-state index contributed by atoms with van der Waals surface area (Å²) in [5.74, 6) is -0.701. The van der Waals surface area contributed by atoms with E-state index in [4.69, 9.17) is 21.6 Å². The van der Waals surface area contributed by atoms with E-state index in [0.717, 1.165) is 0 Å². The van der Waals surface area contributed by atoms with Crippen molar-refractivity contribution in [2.75, 3.05) is 6.61 Å². The number of hydrogen-bond acceptors (Lipinski definition) is 4. The van der Waals surface area contributed by atoms with E-state index in [1.807, 2.05) is 6.07 Å². The monoisotopic (exact) mass is 237 g/mol. The lowest BCUT2D eigenvalue weighted by molar-refractivity contribution is 0.0526. The predicted octanol–water partition coefficient (Wildman–Crippen LogP) is 2.20. The van der Waals surface area contributed by atoms with Gasteiger partial charge >= 0.3 is 5.97 Å². The van der Waals surface area contributed by atoms with Crippen molar-refractivity contribution in [1.29, 1.82) is 5.26 Å². The second kappa shape index (κ2) is 5.29. The summed E-state index contributed by atoms with van der Waals surface area (Å²) < 4.78 is 4.76. The van der Waals surface area contributed by atoms with Crippen molar-refractivity contribution >= 4 is 23.9 Å². The highest BCUT2D eigenvalue weighted by molar-refractivity contribution is 6.36. The Bertz CT molecular complexity index is 477. The Morgan fingerprint density at radius 3 is 2.81 bits per heavy atom. The van der Waals surface area contributed by atoms with Gasteiger partial charge in [0.1, 0.15) is 6.07 Å². The van der Waals surface area contributed by atoms with Crippen molar-refractivity contribution in [2.24, 2.45) is 0 Å². The van der Waals surface area contributed by atoms with Gasteiger partial charge in [-0.25, -0.2) is 4.79 Å². The molecule has 1 rings (SSSR count). The minimum Gasteiger partial charge on any atom is -0.462 e. The van der Waals surface area contributed by atoms with Crippen LogP contribution in [0.3, 0.4) is 0 Å². The molecule has 1 aromatic rings. The van der Waals surface area contributed by atoms with Gasteiger partial charge in [-0.3, -0.25) is 4.79 Å². The van der Waals surface area contributed by atoms with E-state index in [1.54, 1.807) is 6.92 Å². The van der Waals surface area contributed by atoms with Crippen molar-refractivity contribution < 1.29 is 14.3 Å². The average Bonchev–Trinajstić information content (AvgIpc) is 2.28. The van der Waals surface area contributed by atoms with Gasteiger partial charge in [-0.05, 0) is 19.1 Å². The molecule has 0 radical (unpaired) electrons. The summed E-state index contributed by atoms with van der Waals surface area (Å²) in [6, 6.07) is 4.57. The minimum atomic E-state index is -0.701. The first-order chi connectivity index (χ1) is 7.65. The van der Waals surface area contributed by atoms with Gasteiger partial charge in [0.15, 0.2) is 6.29 Å². The number of esters is 1. The molecule has 0 fully saturated rings. The molecule has 82 valence electrons. The molecule has 0 atom stereocenters. The molecule has 0 bridgehead atoms. The van der Waals surface area contributed by atoms with Crippen LogP contribution in [0.5, 0.6) is 0 Å². The number of nitrogens with zero attached hydrogens (tertiary/aromatic N) is 1. The van der Waals surface area contributed by atoms with Crippen LogP contribution in [-0.4, -0.2) is 18.9 Å². The first-order valence-corrected chi connectivity index (χ1v) is 4.88. The fourth-order valence-electron chi connectivity index (χ4n) is 1.18. The smallest absolute Gasteiger partial charge is 0.341 e. The lowest BCUT2D eigenvalue weighted by Crippen LogP contribution is -2.09. The zero-order chi connectivity index (χ0) is 12.1. The van der Waals surface area contributed by atoms with Crippen LogP contribution in [0.15, 0.2) is 12.1 Å². The van der Waals surface area contributed by atoms with E-state index in [0.29, 0.717) is 6.29 Å². The molecular formula is C11H8ClNO3. The van der Waals surface area contributed by atoms with Crippen LogP contribution in [-0.2, 0) is 4.74 Å². The van der Waals surface area contributed by atoms with Crippen LogP contribution in [0.4, 0.5) is 0 Å². The molecule has 0 unspecified atom stereocenters. The maximum Gasteiger partial charge on any atom is 0.341 e. The largest absolute Gasteiger partial charge is 0.462 e. The van der Waals surface area contributed by atoms with E-state index in [2.05, 4.69) is 0 Å². The third-order valence-electron chi connectivity index (χ3n) is 1.90. The Kier molecular flexibility index (Phi) is 4.03. The maximum absolute atomic E-state index is 11.5. The minimum absolute atomic E-state index is 0.0486. The van der Waals surface area contributed by atoms with Gasteiger partial charge in [-0.1, -0.05) is 11.6 Å². The Labute approximate surface area is 97.4 Å². The highest BCUT2D eigenvalue weighted by Gasteiger charge is 2.19. The normalized spacial score (nSPS) is 9.31. The van der Waals surface area contributed by atoms with Crippen LogP contribution in [0, 0.1) is 11.3 Å². The summed E-state index contributed by atoms with van der Waals surface area (Å²) >= 11 is 5.84.